The van der Waals surface area contributed by atoms with Gasteiger partial charge >= 0.3 is 0 Å². The first-order valence-corrected chi connectivity index (χ1v) is 8.43. The van der Waals surface area contributed by atoms with E-state index in [9.17, 15) is 4.79 Å². The number of hydrogen-bond acceptors (Lipinski definition) is 2. The average molecular weight is 311 g/mol. The molecular formula is C18H27ClO2. The molecule has 0 spiro atoms. The summed E-state index contributed by atoms with van der Waals surface area (Å²) in [6.07, 6.45) is 10.5. The monoisotopic (exact) mass is 310 g/mol. The number of ether oxygens (including phenoxy) is 1. The zero-order chi connectivity index (χ0) is 15.5. The van der Waals surface area contributed by atoms with Crippen molar-refractivity contribution in [2.75, 3.05) is 7.11 Å². The lowest BCUT2D eigenvalue weighted by atomic mass is 10.0. The SMILES string of the molecule is CCCCCCCCCCC(=O)c1ccc(Cl)cc1OC. The van der Waals surface area contributed by atoms with Gasteiger partial charge in [-0.1, -0.05) is 63.5 Å². The Bertz CT molecular complexity index is 429. The second-order valence-corrected chi connectivity index (χ2v) is 5.93. The van der Waals surface area contributed by atoms with Crippen molar-refractivity contribution in [2.24, 2.45) is 0 Å². The molecule has 0 fully saturated rings. The average Bonchev–Trinajstić information content (AvgIpc) is 2.49. The number of carbonyl (C=O) groups excluding carboxylic acids is 1. The van der Waals surface area contributed by atoms with Crippen molar-refractivity contribution in [3.63, 3.8) is 0 Å². The lowest BCUT2D eigenvalue weighted by molar-refractivity contribution is 0.0976. The minimum Gasteiger partial charge on any atom is -0.496 e. The summed E-state index contributed by atoms with van der Waals surface area (Å²) in [7, 11) is 1.57. The molecule has 0 aliphatic heterocycles. The summed E-state index contributed by atoms with van der Waals surface area (Å²) in [6.45, 7) is 2.23. The highest BCUT2D eigenvalue weighted by Crippen LogP contribution is 2.25. The van der Waals surface area contributed by atoms with E-state index in [4.69, 9.17) is 16.3 Å². The van der Waals surface area contributed by atoms with Crippen LogP contribution in [0.1, 0.15) is 75.1 Å². The van der Waals surface area contributed by atoms with E-state index in [0.29, 0.717) is 22.8 Å². The summed E-state index contributed by atoms with van der Waals surface area (Å²) in [5, 5.41) is 0.593. The quantitative estimate of drug-likeness (QED) is 0.366. The third kappa shape index (κ3) is 6.99. The molecule has 118 valence electrons. The number of ketones is 1. The molecule has 0 aromatic heterocycles. The van der Waals surface area contributed by atoms with Gasteiger partial charge in [-0.05, 0) is 24.6 Å². The molecule has 0 bridgehead atoms. The smallest absolute Gasteiger partial charge is 0.166 e. The van der Waals surface area contributed by atoms with Crippen LogP contribution >= 0.6 is 11.6 Å². The van der Waals surface area contributed by atoms with Crippen molar-refractivity contribution in [1.29, 1.82) is 0 Å². The van der Waals surface area contributed by atoms with Gasteiger partial charge in [0.2, 0.25) is 0 Å². The number of halogens is 1. The van der Waals surface area contributed by atoms with Gasteiger partial charge in [-0.3, -0.25) is 4.79 Å². The van der Waals surface area contributed by atoms with Crippen molar-refractivity contribution < 1.29 is 9.53 Å². The maximum atomic E-state index is 12.2. The van der Waals surface area contributed by atoms with Crippen molar-refractivity contribution >= 4 is 17.4 Å². The van der Waals surface area contributed by atoms with Crippen LogP contribution in [0.25, 0.3) is 0 Å². The molecule has 1 aromatic rings. The highest BCUT2D eigenvalue weighted by Gasteiger charge is 2.12. The standard InChI is InChI=1S/C18H27ClO2/c1-3-4-5-6-7-8-9-10-11-17(20)16-13-12-15(19)14-18(16)21-2/h12-14H,3-11H2,1-2H3. The zero-order valence-corrected chi connectivity index (χ0v) is 14.0. The lowest BCUT2D eigenvalue weighted by Gasteiger charge is -2.08. The molecule has 0 saturated carbocycles. The van der Waals surface area contributed by atoms with E-state index in [1.165, 1.54) is 38.5 Å². The molecule has 0 N–H and O–H groups in total. The molecule has 3 heteroatoms. The maximum Gasteiger partial charge on any atom is 0.166 e. The van der Waals surface area contributed by atoms with Crippen molar-refractivity contribution in [2.45, 2.75) is 64.7 Å². The first-order valence-electron chi connectivity index (χ1n) is 8.05. The predicted octanol–water partition coefficient (Wildman–Crippen LogP) is 6.06. The molecule has 0 atom stereocenters. The van der Waals surface area contributed by atoms with Crippen LogP contribution in [-0.4, -0.2) is 12.9 Å². The van der Waals surface area contributed by atoms with Crippen LogP contribution in [0.15, 0.2) is 18.2 Å². The Morgan fingerprint density at radius 2 is 1.67 bits per heavy atom. The Hall–Kier alpha value is -1.02. The summed E-state index contributed by atoms with van der Waals surface area (Å²) in [5.41, 5.74) is 0.643. The largest absolute Gasteiger partial charge is 0.496 e. The van der Waals surface area contributed by atoms with Crippen LogP contribution < -0.4 is 4.74 Å². The van der Waals surface area contributed by atoms with Crippen LogP contribution in [0.3, 0.4) is 0 Å². The third-order valence-electron chi connectivity index (χ3n) is 3.72. The van der Waals surface area contributed by atoms with E-state index in [1.807, 2.05) is 0 Å². The Balaban J connectivity index is 2.25. The van der Waals surface area contributed by atoms with Gasteiger partial charge in [-0.15, -0.1) is 0 Å². The Kier molecular flexibility index (Phi) is 9.16. The normalized spacial score (nSPS) is 10.6. The molecule has 0 saturated heterocycles. The summed E-state index contributed by atoms with van der Waals surface area (Å²) in [4.78, 5) is 12.2. The first-order chi connectivity index (χ1) is 10.2. The molecule has 1 rings (SSSR count). The highest BCUT2D eigenvalue weighted by atomic mass is 35.5. The molecule has 0 unspecified atom stereocenters. The molecule has 0 heterocycles. The van der Waals surface area contributed by atoms with E-state index in [2.05, 4.69) is 6.92 Å². The van der Waals surface area contributed by atoms with Crippen LogP contribution in [0, 0.1) is 0 Å². The van der Waals surface area contributed by atoms with E-state index in [1.54, 1.807) is 25.3 Å². The van der Waals surface area contributed by atoms with Crippen molar-refractivity contribution in [3.05, 3.63) is 28.8 Å². The van der Waals surface area contributed by atoms with Gasteiger partial charge in [0.1, 0.15) is 5.75 Å². The van der Waals surface area contributed by atoms with Gasteiger partial charge in [0.25, 0.3) is 0 Å². The van der Waals surface area contributed by atoms with Crippen molar-refractivity contribution in [1.82, 2.24) is 0 Å². The summed E-state index contributed by atoms with van der Waals surface area (Å²) in [6, 6.07) is 5.20. The maximum absolute atomic E-state index is 12.2. The first kappa shape index (κ1) is 18.0. The summed E-state index contributed by atoms with van der Waals surface area (Å²) in [5.74, 6) is 0.724. The molecule has 2 nitrogen and oxygen atoms in total. The van der Waals surface area contributed by atoms with Crippen LogP contribution in [0.4, 0.5) is 0 Å². The van der Waals surface area contributed by atoms with Crippen molar-refractivity contribution in [3.8, 4) is 5.75 Å². The molecular weight excluding hydrogens is 284 g/mol. The molecule has 0 aliphatic rings. The fourth-order valence-corrected chi connectivity index (χ4v) is 2.61. The van der Waals surface area contributed by atoms with Gasteiger partial charge in [0.15, 0.2) is 5.78 Å². The van der Waals surface area contributed by atoms with E-state index in [0.717, 1.165) is 12.8 Å². The topological polar surface area (TPSA) is 26.3 Å². The fraction of sp³-hybridized carbons (Fsp3) is 0.611. The number of methoxy groups -OCH3 is 1. The zero-order valence-electron chi connectivity index (χ0n) is 13.3. The van der Waals surface area contributed by atoms with Gasteiger partial charge < -0.3 is 4.74 Å². The highest BCUT2D eigenvalue weighted by molar-refractivity contribution is 6.30. The molecule has 21 heavy (non-hydrogen) atoms. The number of Topliss-reactive ketones (excluding diaryl/α,β-unsaturated/α-hetero) is 1. The number of benzene rings is 1. The third-order valence-corrected chi connectivity index (χ3v) is 3.96. The fourth-order valence-electron chi connectivity index (χ4n) is 2.45. The van der Waals surface area contributed by atoms with Crippen LogP contribution in [-0.2, 0) is 0 Å². The minimum absolute atomic E-state index is 0.148. The Morgan fingerprint density at radius 1 is 1.05 bits per heavy atom. The van der Waals surface area contributed by atoms with Gasteiger partial charge in [-0.2, -0.15) is 0 Å². The van der Waals surface area contributed by atoms with Crippen LogP contribution in [0.2, 0.25) is 5.02 Å². The van der Waals surface area contributed by atoms with E-state index < -0.39 is 0 Å². The molecule has 1 aromatic carbocycles. The summed E-state index contributed by atoms with van der Waals surface area (Å²) >= 11 is 5.91. The summed E-state index contributed by atoms with van der Waals surface area (Å²) < 4.78 is 5.22. The van der Waals surface area contributed by atoms with Crippen LogP contribution in [0.5, 0.6) is 5.75 Å². The Labute approximate surface area is 133 Å². The van der Waals surface area contributed by atoms with Gasteiger partial charge in [0.05, 0.1) is 12.7 Å². The number of carbonyl (C=O) groups is 1. The second-order valence-electron chi connectivity index (χ2n) is 5.49. The minimum atomic E-state index is 0.148. The molecule has 0 radical (unpaired) electrons. The number of unbranched alkanes of at least 4 members (excludes halogenated alkanes) is 7. The lowest BCUT2D eigenvalue weighted by Crippen LogP contribution is -2.02. The van der Waals surface area contributed by atoms with E-state index >= 15 is 0 Å². The van der Waals surface area contributed by atoms with Gasteiger partial charge in [-0.25, -0.2) is 0 Å². The number of hydrogen-bond donors (Lipinski definition) is 0. The number of rotatable bonds is 11. The Morgan fingerprint density at radius 3 is 2.29 bits per heavy atom. The molecule has 0 amide bonds. The van der Waals surface area contributed by atoms with E-state index in [-0.39, 0.29) is 5.78 Å². The predicted molar refractivity (Wildman–Crippen MR) is 89.6 cm³/mol. The second kappa shape index (κ2) is 10.7. The van der Waals surface area contributed by atoms with Gasteiger partial charge in [0, 0.05) is 11.4 Å². The molecule has 0 aliphatic carbocycles.